The van der Waals surface area contributed by atoms with Crippen LogP contribution in [0, 0.1) is 0 Å². The Labute approximate surface area is 171 Å². The molecule has 1 unspecified atom stereocenters. The Bertz CT molecular complexity index is 1010. The predicted octanol–water partition coefficient (Wildman–Crippen LogP) is 4.85. The molecule has 146 valence electrons. The van der Waals surface area contributed by atoms with E-state index >= 15 is 0 Å². The lowest BCUT2D eigenvalue weighted by atomic mass is 10.1. The number of aromatic nitrogens is 4. The van der Waals surface area contributed by atoms with E-state index in [1.165, 1.54) is 0 Å². The first-order chi connectivity index (χ1) is 13.3. The second-order valence-electron chi connectivity index (χ2n) is 7.91. The van der Waals surface area contributed by atoms with Gasteiger partial charge in [-0.05, 0) is 61.7 Å². The fourth-order valence-electron chi connectivity index (χ4n) is 3.40. The molecule has 3 heterocycles. The molecular formula is C20H22BrN5O2. The fraction of sp³-hybridized carbons (Fsp3) is 0.400. The number of amides is 1. The minimum absolute atomic E-state index is 0.0989. The number of H-pyrrole nitrogens is 1. The van der Waals surface area contributed by atoms with E-state index in [9.17, 15) is 4.79 Å². The lowest BCUT2D eigenvalue weighted by molar-refractivity contribution is 0.0219. The van der Waals surface area contributed by atoms with Gasteiger partial charge in [0.25, 0.3) is 0 Å². The van der Waals surface area contributed by atoms with Crippen molar-refractivity contribution in [1.29, 1.82) is 0 Å². The molecule has 2 aromatic heterocycles. The van der Waals surface area contributed by atoms with E-state index < -0.39 is 5.60 Å². The van der Waals surface area contributed by atoms with E-state index in [0.29, 0.717) is 11.1 Å². The maximum Gasteiger partial charge on any atom is 0.410 e. The van der Waals surface area contributed by atoms with Gasteiger partial charge >= 0.3 is 6.09 Å². The Kier molecular flexibility index (Phi) is 4.82. The van der Waals surface area contributed by atoms with Crippen LogP contribution in [-0.2, 0) is 4.74 Å². The highest BCUT2D eigenvalue weighted by molar-refractivity contribution is 9.10. The normalized spacial score (nSPS) is 17.3. The van der Waals surface area contributed by atoms with Crippen LogP contribution in [0.25, 0.3) is 22.3 Å². The smallest absolute Gasteiger partial charge is 0.410 e. The number of imidazole rings is 1. The van der Waals surface area contributed by atoms with Gasteiger partial charge in [0.05, 0.1) is 35.2 Å². The summed E-state index contributed by atoms with van der Waals surface area (Å²) in [6, 6.07) is 5.85. The predicted molar refractivity (Wildman–Crippen MR) is 110 cm³/mol. The van der Waals surface area contributed by atoms with E-state index in [2.05, 4.69) is 30.9 Å². The van der Waals surface area contributed by atoms with Gasteiger partial charge in [-0.15, -0.1) is 0 Å². The van der Waals surface area contributed by atoms with E-state index in [-0.39, 0.29) is 12.1 Å². The van der Waals surface area contributed by atoms with Crippen LogP contribution in [0.3, 0.4) is 0 Å². The molecule has 4 rings (SSSR count). The summed E-state index contributed by atoms with van der Waals surface area (Å²) in [5, 5.41) is 0. The average molecular weight is 444 g/mol. The van der Waals surface area contributed by atoms with Gasteiger partial charge in [-0.1, -0.05) is 6.07 Å². The number of hydrogen-bond donors (Lipinski definition) is 1. The molecule has 1 saturated heterocycles. The minimum atomic E-state index is -0.515. The van der Waals surface area contributed by atoms with Gasteiger partial charge in [0.2, 0.25) is 0 Å². The summed E-state index contributed by atoms with van der Waals surface area (Å²) >= 11 is 3.30. The van der Waals surface area contributed by atoms with Crippen LogP contribution in [0.5, 0.6) is 0 Å². The Morgan fingerprint density at radius 2 is 2.11 bits per heavy atom. The van der Waals surface area contributed by atoms with Crippen LogP contribution < -0.4 is 0 Å². The van der Waals surface area contributed by atoms with Gasteiger partial charge in [0.1, 0.15) is 16.0 Å². The summed E-state index contributed by atoms with van der Waals surface area (Å²) in [7, 11) is 0. The van der Waals surface area contributed by atoms with Crippen molar-refractivity contribution in [3.8, 4) is 11.3 Å². The summed E-state index contributed by atoms with van der Waals surface area (Å²) in [4.78, 5) is 31.1. The van der Waals surface area contributed by atoms with Crippen LogP contribution in [0.4, 0.5) is 4.79 Å². The molecule has 0 radical (unpaired) electrons. The van der Waals surface area contributed by atoms with Crippen molar-refractivity contribution in [3.63, 3.8) is 0 Å². The van der Waals surface area contributed by atoms with Gasteiger partial charge in [0.15, 0.2) is 0 Å². The number of likely N-dealkylation sites (tertiary alicyclic amines) is 1. The molecule has 0 bridgehead atoms. The van der Waals surface area contributed by atoms with Crippen LogP contribution in [0.2, 0.25) is 0 Å². The van der Waals surface area contributed by atoms with Crippen molar-refractivity contribution in [2.45, 2.75) is 45.3 Å². The lowest BCUT2D eigenvalue weighted by Gasteiger charge is -2.27. The molecule has 0 spiro atoms. The van der Waals surface area contributed by atoms with E-state index in [4.69, 9.17) is 9.72 Å². The maximum atomic E-state index is 12.6. The van der Waals surface area contributed by atoms with Gasteiger partial charge < -0.3 is 9.72 Å². The zero-order valence-electron chi connectivity index (χ0n) is 16.1. The van der Waals surface area contributed by atoms with Crippen LogP contribution in [0.15, 0.2) is 35.2 Å². The van der Waals surface area contributed by atoms with Gasteiger partial charge in [-0.3, -0.25) is 9.88 Å². The Morgan fingerprint density at radius 3 is 2.82 bits per heavy atom. The largest absolute Gasteiger partial charge is 0.444 e. The number of hydrogen-bond acceptors (Lipinski definition) is 5. The third kappa shape index (κ3) is 3.87. The second kappa shape index (κ2) is 7.16. The van der Waals surface area contributed by atoms with Crippen LogP contribution >= 0.6 is 15.9 Å². The third-order valence-corrected chi connectivity index (χ3v) is 5.02. The first-order valence-corrected chi connectivity index (χ1v) is 10.1. The first-order valence-electron chi connectivity index (χ1n) is 9.27. The number of benzene rings is 1. The first kappa shape index (κ1) is 18.9. The van der Waals surface area contributed by atoms with Crippen molar-refractivity contribution in [2.24, 2.45) is 0 Å². The molecule has 1 aliphatic rings. The van der Waals surface area contributed by atoms with Crippen molar-refractivity contribution in [3.05, 3.63) is 41.0 Å². The number of aromatic amines is 1. The van der Waals surface area contributed by atoms with Crippen LogP contribution in [-0.4, -0.2) is 43.1 Å². The summed E-state index contributed by atoms with van der Waals surface area (Å²) in [6.07, 6.45) is 4.91. The Hall–Kier alpha value is -2.48. The van der Waals surface area contributed by atoms with E-state index in [1.807, 2.05) is 39.0 Å². The van der Waals surface area contributed by atoms with Crippen molar-refractivity contribution < 1.29 is 9.53 Å². The van der Waals surface area contributed by atoms with Gasteiger partial charge in [-0.2, -0.15) is 0 Å². The summed E-state index contributed by atoms with van der Waals surface area (Å²) < 4.78 is 6.26. The number of halogens is 1. The van der Waals surface area contributed by atoms with E-state index in [1.54, 1.807) is 17.3 Å². The summed E-state index contributed by atoms with van der Waals surface area (Å²) in [5.74, 6) is 0.789. The fourth-order valence-corrected chi connectivity index (χ4v) is 3.60. The molecule has 8 heteroatoms. The highest BCUT2D eigenvalue weighted by Gasteiger charge is 2.34. The standard InChI is InChI=1S/C20H22BrN5O2/c1-20(2,3)28-19(27)26-8-4-5-16(26)18-24-13-7-6-12(9-14(13)25-18)15-10-23-17(21)11-22-15/h6-7,9-11,16H,4-5,8H2,1-3H3,(H,24,25). The number of ether oxygens (including phenoxy) is 1. The quantitative estimate of drug-likeness (QED) is 0.611. The van der Waals surface area contributed by atoms with E-state index in [0.717, 1.165) is 41.0 Å². The van der Waals surface area contributed by atoms with Crippen molar-refractivity contribution in [2.75, 3.05) is 6.54 Å². The third-order valence-electron chi connectivity index (χ3n) is 4.61. The highest BCUT2D eigenvalue weighted by atomic mass is 79.9. The van der Waals surface area contributed by atoms with Gasteiger partial charge in [0, 0.05) is 12.1 Å². The second-order valence-corrected chi connectivity index (χ2v) is 8.72. The van der Waals surface area contributed by atoms with Crippen LogP contribution in [0.1, 0.15) is 45.5 Å². The molecule has 3 aromatic rings. The Balaban J connectivity index is 1.62. The summed E-state index contributed by atoms with van der Waals surface area (Å²) in [6.45, 7) is 6.31. The zero-order valence-corrected chi connectivity index (χ0v) is 17.7. The number of carbonyl (C=O) groups is 1. The SMILES string of the molecule is CC(C)(C)OC(=O)N1CCCC1c1nc2ccc(-c3cnc(Br)cn3)cc2[nH]1. The number of rotatable bonds is 2. The number of nitrogens with one attached hydrogen (secondary N) is 1. The lowest BCUT2D eigenvalue weighted by Crippen LogP contribution is -2.36. The Morgan fingerprint density at radius 1 is 1.29 bits per heavy atom. The molecule has 1 aliphatic heterocycles. The molecule has 0 aliphatic carbocycles. The molecule has 7 nitrogen and oxygen atoms in total. The molecule has 28 heavy (non-hydrogen) atoms. The molecule has 1 fully saturated rings. The molecule has 0 saturated carbocycles. The monoisotopic (exact) mass is 443 g/mol. The number of carbonyl (C=O) groups excluding carboxylic acids is 1. The highest BCUT2D eigenvalue weighted by Crippen LogP contribution is 2.33. The number of nitrogens with zero attached hydrogens (tertiary/aromatic N) is 4. The topological polar surface area (TPSA) is 84.0 Å². The molecule has 1 N–H and O–H groups in total. The molecular weight excluding hydrogens is 422 g/mol. The van der Waals surface area contributed by atoms with Crippen molar-refractivity contribution >= 4 is 33.1 Å². The molecule has 1 amide bonds. The minimum Gasteiger partial charge on any atom is -0.444 e. The van der Waals surface area contributed by atoms with Crippen molar-refractivity contribution in [1.82, 2.24) is 24.8 Å². The molecule has 1 aromatic carbocycles. The van der Waals surface area contributed by atoms with Gasteiger partial charge in [-0.25, -0.2) is 14.8 Å². The maximum absolute atomic E-state index is 12.6. The average Bonchev–Trinajstić information content (AvgIpc) is 3.27. The summed E-state index contributed by atoms with van der Waals surface area (Å²) in [5.41, 5.74) is 3.00. The number of fused-ring (bicyclic) bond motifs is 1. The molecule has 1 atom stereocenters. The zero-order chi connectivity index (χ0) is 19.9.